The first-order valence-corrected chi connectivity index (χ1v) is 26.3. The number of urea groups is 1. The molecule has 8 amide bonds. The van der Waals surface area contributed by atoms with E-state index in [0.29, 0.717) is 41.8 Å². The maximum atomic E-state index is 14.1. The predicted molar refractivity (Wildman–Crippen MR) is 290 cm³/mol. The summed E-state index contributed by atoms with van der Waals surface area (Å²) in [5, 5.41) is 29.7. The van der Waals surface area contributed by atoms with E-state index in [-0.39, 0.29) is 50.0 Å². The predicted octanol–water partition coefficient (Wildman–Crippen LogP) is 4.48. The summed E-state index contributed by atoms with van der Waals surface area (Å²) in [6, 6.07) is 24.0. The molecule has 9 N–H and O–H groups in total. The molecule has 1 aromatic heterocycles. The van der Waals surface area contributed by atoms with Gasteiger partial charge in [0.05, 0.1) is 0 Å². The first kappa shape index (κ1) is 57.9. The van der Waals surface area contributed by atoms with Gasteiger partial charge >= 0.3 is 12.0 Å². The first-order chi connectivity index (χ1) is 36.9. The van der Waals surface area contributed by atoms with Crippen molar-refractivity contribution in [3.8, 4) is 0 Å². The summed E-state index contributed by atoms with van der Waals surface area (Å²) in [6.07, 6.45) is 5.53. The third kappa shape index (κ3) is 17.6. The lowest BCUT2D eigenvalue weighted by molar-refractivity contribution is -0.142. The van der Waals surface area contributed by atoms with Crippen LogP contribution in [0, 0.1) is 5.92 Å². The van der Waals surface area contributed by atoms with Crippen molar-refractivity contribution in [1.29, 1.82) is 0 Å². The molecule has 6 atom stereocenters. The van der Waals surface area contributed by atoms with E-state index in [1.165, 1.54) is 13.8 Å². The lowest BCUT2D eigenvalue weighted by Crippen LogP contribution is -2.58. The van der Waals surface area contributed by atoms with Crippen LogP contribution in [0.4, 0.5) is 4.79 Å². The number of amides is 8. The fraction of sp³-hybridized carbons (Fsp3) is 0.397. The normalized spacial score (nSPS) is 14.8. The minimum Gasteiger partial charge on any atom is -0.480 e. The molecule has 1 aliphatic rings. The molecule has 6 rings (SSSR count). The maximum absolute atomic E-state index is 14.1. The molecule has 1 fully saturated rings. The average Bonchev–Trinajstić information content (AvgIpc) is 3.62. The zero-order valence-corrected chi connectivity index (χ0v) is 44.1. The fourth-order valence-electron chi connectivity index (χ4n) is 9.04. The molecule has 2 heterocycles. The monoisotopic (exact) mass is 1050 g/mol. The third-order valence-electron chi connectivity index (χ3n) is 13.3. The minimum atomic E-state index is -1.34. The smallest absolute Gasteiger partial charge is 0.326 e. The van der Waals surface area contributed by atoms with Gasteiger partial charge in [0.15, 0.2) is 5.78 Å². The molecule has 1 saturated heterocycles. The number of aromatic nitrogens is 1. The highest BCUT2D eigenvalue weighted by molar-refractivity contribution is 6.09. The van der Waals surface area contributed by atoms with Gasteiger partial charge in [-0.2, -0.15) is 0 Å². The number of benzene rings is 4. The van der Waals surface area contributed by atoms with Gasteiger partial charge in [-0.3, -0.25) is 33.6 Å². The van der Waals surface area contributed by atoms with Crippen LogP contribution >= 0.6 is 0 Å². The number of fused-ring (bicyclic) bond motifs is 1. The van der Waals surface area contributed by atoms with Crippen LogP contribution < -0.4 is 37.2 Å². The summed E-state index contributed by atoms with van der Waals surface area (Å²) in [5.41, 5.74) is 3.68. The van der Waals surface area contributed by atoms with Gasteiger partial charge in [-0.25, -0.2) is 9.59 Å². The number of nitrogens with zero attached hydrogens (tertiary/aromatic N) is 1. The number of carbonyl (C=O) groups is 9. The molecular formula is C58H71N9O10. The molecule has 0 saturated carbocycles. The Morgan fingerprint density at radius 2 is 1.06 bits per heavy atom. The summed E-state index contributed by atoms with van der Waals surface area (Å²) in [4.78, 5) is 126. The van der Waals surface area contributed by atoms with Crippen molar-refractivity contribution in [3.63, 3.8) is 0 Å². The second-order valence-electron chi connectivity index (χ2n) is 20.0. The van der Waals surface area contributed by atoms with E-state index in [2.05, 4.69) is 42.2 Å². The zero-order chi connectivity index (χ0) is 55.4. The van der Waals surface area contributed by atoms with Crippen LogP contribution in [0.15, 0.2) is 115 Å². The Bertz CT molecular complexity index is 2830. The van der Waals surface area contributed by atoms with E-state index in [4.69, 9.17) is 0 Å². The Balaban J connectivity index is 1.05. The molecule has 5 aromatic rings. The second kappa shape index (κ2) is 28.5. The number of carbonyl (C=O) groups excluding carboxylic acids is 8. The molecule has 77 heavy (non-hydrogen) atoms. The van der Waals surface area contributed by atoms with E-state index < -0.39 is 77.7 Å². The number of ketones is 1. The number of aliphatic carboxylic acids is 1. The molecule has 0 radical (unpaired) electrons. The van der Waals surface area contributed by atoms with Gasteiger partial charge in [0.2, 0.25) is 35.4 Å². The molecule has 0 aliphatic carbocycles. The molecule has 4 aromatic carbocycles. The lowest BCUT2D eigenvalue weighted by atomic mass is 9.99. The number of rotatable bonds is 25. The van der Waals surface area contributed by atoms with Crippen LogP contribution in [0.5, 0.6) is 0 Å². The molecule has 19 nitrogen and oxygen atoms in total. The number of hydrogen-bond donors (Lipinski definition) is 9. The van der Waals surface area contributed by atoms with Crippen LogP contribution in [0.3, 0.4) is 0 Å². The van der Waals surface area contributed by atoms with Crippen LogP contribution in [0.2, 0.25) is 0 Å². The van der Waals surface area contributed by atoms with Crippen molar-refractivity contribution in [2.24, 2.45) is 5.92 Å². The molecule has 408 valence electrons. The Hall–Kier alpha value is -8.35. The quantitative estimate of drug-likeness (QED) is 0.0370. The highest BCUT2D eigenvalue weighted by atomic mass is 16.4. The molecule has 1 aliphatic heterocycles. The van der Waals surface area contributed by atoms with Crippen molar-refractivity contribution in [3.05, 3.63) is 143 Å². The van der Waals surface area contributed by atoms with Gasteiger partial charge in [0, 0.05) is 73.5 Å². The van der Waals surface area contributed by atoms with Gasteiger partial charge in [0.1, 0.15) is 36.3 Å². The zero-order valence-electron chi connectivity index (χ0n) is 44.1. The summed E-state index contributed by atoms with van der Waals surface area (Å²) >= 11 is 0. The largest absolute Gasteiger partial charge is 0.480 e. The van der Waals surface area contributed by atoms with E-state index >= 15 is 0 Å². The van der Waals surface area contributed by atoms with Crippen molar-refractivity contribution < 1.29 is 48.3 Å². The van der Waals surface area contributed by atoms with Crippen molar-refractivity contribution >= 4 is 64.1 Å². The van der Waals surface area contributed by atoms with Gasteiger partial charge in [-0.1, -0.05) is 130 Å². The molecule has 0 unspecified atom stereocenters. The summed E-state index contributed by atoms with van der Waals surface area (Å²) < 4.78 is 0. The van der Waals surface area contributed by atoms with Crippen molar-refractivity contribution in [1.82, 2.24) is 47.1 Å². The van der Waals surface area contributed by atoms with Crippen LogP contribution in [-0.4, -0.2) is 124 Å². The van der Waals surface area contributed by atoms with Crippen molar-refractivity contribution in [2.75, 3.05) is 19.6 Å². The fourth-order valence-corrected chi connectivity index (χ4v) is 9.04. The number of nitrogens with one attached hydrogen (secondary N) is 8. The number of hydrogen-bond acceptors (Lipinski definition) is 9. The minimum absolute atomic E-state index is 0.0272. The van der Waals surface area contributed by atoms with Crippen molar-refractivity contribution in [2.45, 2.75) is 122 Å². The highest BCUT2D eigenvalue weighted by Gasteiger charge is 2.32. The first-order valence-electron chi connectivity index (χ1n) is 26.3. The Morgan fingerprint density at radius 1 is 0.532 bits per heavy atom. The number of H-pyrrole nitrogens is 1. The number of carboxylic acid groups (broad SMARTS) is 1. The van der Waals surface area contributed by atoms with Crippen LogP contribution in [0.25, 0.3) is 10.9 Å². The average molecular weight is 1050 g/mol. The Labute approximate surface area is 448 Å². The molecule has 19 heteroatoms. The second-order valence-corrected chi connectivity index (χ2v) is 20.0. The van der Waals surface area contributed by atoms with E-state index in [9.17, 15) is 48.3 Å². The maximum Gasteiger partial charge on any atom is 0.326 e. The van der Waals surface area contributed by atoms with E-state index in [0.717, 1.165) is 42.1 Å². The topological polar surface area (TPSA) is 277 Å². The SMILES string of the molecule is CC(C)C[C@H](NC(=O)N1CCCCCC1)C(=O)N[C@@H](Cc1c[nH]c2ccccc12)C(=O)N[C@@H](C)C(=O)NCCC(=O)N[C@@H](C)C(=O)N[C@@H](Cc1ccc(C(=O)c2ccccc2)cc1)C(=O)N[C@@H](Cc1ccccc1)C(=O)O. The summed E-state index contributed by atoms with van der Waals surface area (Å²) in [5.74, 6) is -5.46. The van der Waals surface area contributed by atoms with Gasteiger partial charge < -0.3 is 52.2 Å². The molecular weight excluding hydrogens is 983 g/mol. The summed E-state index contributed by atoms with van der Waals surface area (Å²) in [6.45, 7) is 7.72. The number of para-hydroxylation sites is 1. The Morgan fingerprint density at radius 3 is 1.73 bits per heavy atom. The number of aromatic amines is 1. The summed E-state index contributed by atoms with van der Waals surface area (Å²) in [7, 11) is 0. The highest BCUT2D eigenvalue weighted by Crippen LogP contribution is 2.20. The number of carboxylic acids is 1. The Kier molecular flexibility index (Phi) is 21.5. The lowest BCUT2D eigenvalue weighted by Gasteiger charge is -2.28. The van der Waals surface area contributed by atoms with Crippen LogP contribution in [-0.2, 0) is 52.8 Å². The molecule has 0 bridgehead atoms. The standard InChI is InChI=1S/C58H71N9O10/c1-36(2)31-46(66-58(77)67-29-15-5-6-16-30-67)55(73)64-48(34-43-35-60-45-22-14-13-21-44(43)45)54(72)62-37(3)52(70)59-28-27-50(68)61-38(4)53(71)63-47(56(74)65-49(57(75)76)33-39-17-9-7-10-18-39)32-40-23-25-42(26-24-40)51(69)41-19-11-8-12-20-41/h7-14,17-26,35-38,46-49,60H,5-6,15-16,27-34H2,1-4H3,(H,59,70)(H,61,68)(H,62,72)(H,63,71)(H,64,73)(H,65,74)(H,66,77)(H,75,76)/t37-,38-,46-,47-,48-,49-/m0/s1. The van der Waals surface area contributed by atoms with Gasteiger partial charge in [-0.05, 0) is 61.8 Å². The van der Waals surface area contributed by atoms with Crippen LogP contribution in [0.1, 0.15) is 98.8 Å². The van der Waals surface area contributed by atoms with E-state index in [1.807, 2.05) is 38.1 Å². The molecule has 0 spiro atoms. The van der Waals surface area contributed by atoms with Gasteiger partial charge in [0.25, 0.3) is 0 Å². The number of likely N-dealkylation sites (tertiary alicyclic amines) is 1. The van der Waals surface area contributed by atoms with Gasteiger partial charge in [-0.15, -0.1) is 0 Å². The van der Waals surface area contributed by atoms with E-state index in [1.54, 1.807) is 96.0 Å². The third-order valence-corrected chi connectivity index (χ3v) is 13.3.